The number of nitrogens with one attached hydrogen (secondary N) is 1. The van der Waals surface area contributed by atoms with Gasteiger partial charge in [-0.05, 0) is 37.0 Å². The number of rotatable bonds is 8. The Morgan fingerprint density at radius 2 is 2.15 bits per heavy atom. The van der Waals surface area contributed by atoms with Crippen molar-refractivity contribution in [2.45, 2.75) is 51.8 Å². The normalized spacial score (nSPS) is 16.4. The van der Waals surface area contributed by atoms with Crippen LogP contribution in [0.15, 0.2) is 22.7 Å². The van der Waals surface area contributed by atoms with E-state index in [1.54, 1.807) is 12.1 Å². The third kappa shape index (κ3) is 5.02. The molecule has 0 aliphatic heterocycles. The first kappa shape index (κ1) is 15.7. The van der Waals surface area contributed by atoms with Crippen LogP contribution in [0.4, 0.5) is 8.78 Å². The molecule has 5 heteroatoms. The van der Waals surface area contributed by atoms with Gasteiger partial charge in [0.1, 0.15) is 5.75 Å². The lowest BCUT2D eigenvalue weighted by Gasteiger charge is -2.18. The predicted molar refractivity (Wildman–Crippen MR) is 79.0 cm³/mol. The molecule has 0 amide bonds. The summed E-state index contributed by atoms with van der Waals surface area (Å²) in [5.74, 6) is 1.10. The number of hydrogen-bond acceptors (Lipinski definition) is 2. The molecule has 1 fully saturated rings. The largest absolute Gasteiger partial charge is 0.434 e. The summed E-state index contributed by atoms with van der Waals surface area (Å²) in [6, 6.07) is 5.56. The summed E-state index contributed by atoms with van der Waals surface area (Å²) in [6.07, 6.45) is 4.88. The summed E-state index contributed by atoms with van der Waals surface area (Å²) in [5.41, 5.74) is 0.758. The van der Waals surface area contributed by atoms with Crippen molar-refractivity contribution in [2.75, 3.05) is 0 Å². The second-order valence-corrected chi connectivity index (χ2v) is 6.21. The molecule has 0 heterocycles. The van der Waals surface area contributed by atoms with E-state index in [2.05, 4.69) is 32.9 Å². The minimum absolute atomic E-state index is 0.247. The molecule has 1 atom stereocenters. The van der Waals surface area contributed by atoms with Gasteiger partial charge in [-0.2, -0.15) is 8.78 Å². The van der Waals surface area contributed by atoms with Crippen molar-refractivity contribution in [1.82, 2.24) is 5.32 Å². The molecule has 1 aromatic carbocycles. The minimum atomic E-state index is -2.79. The average molecular weight is 348 g/mol. The van der Waals surface area contributed by atoms with Crippen LogP contribution in [0.5, 0.6) is 5.75 Å². The maximum absolute atomic E-state index is 12.4. The molecule has 20 heavy (non-hydrogen) atoms. The summed E-state index contributed by atoms with van der Waals surface area (Å²) in [4.78, 5) is 0. The van der Waals surface area contributed by atoms with Gasteiger partial charge in [-0.1, -0.05) is 35.7 Å². The van der Waals surface area contributed by atoms with Crippen LogP contribution in [0.1, 0.15) is 38.2 Å². The van der Waals surface area contributed by atoms with Crippen molar-refractivity contribution in [3.8, 4) is 5.75 Å². The van der Waals surface area contributed by atoms with E-state index in [4.69, 9.17) is 0 Å². The molecule has 0 bridgehead atoms. The zero-order chi connectivity index (χ0) is 14.5. The highest BCUT2D eigenvalue weighted by Crippen LogP contribution is 2.34. The Labute approximate surface area is 127 Å². The van der Waals surface area contributed by atoms with Crippen LogP contribution in [0.25, 0.3) is 0 Å². The third-order valence-electron chi connectivity index (χ3n) is 3.63. The maximum Gasteiger partial charge on any atom is 0.387 e. The second kappa shape index (κ2) is 7.36. The summed E-state index contributed by atoms with van der Waals surface area (Å²) in [6.45, 7) is -0.0899. The highest BCUT2D eigenvalue weighted by atomic mass is 79.9. The van der Waals surface area contributed by atoms with Crippen molar-refractivity contribution in [1.29, 1.82) is 0 Å². The van der Waals surface area contributed by atoms with Crippen LogP contribution < -0.4 is 10.1 Å². The standard InChI is InChI=1S/C15H20BrF2NO/c1-2-13(7-10-3-4-10)19-9-11-8-12(16)5-6-14(11)20-15(17)18/h5-6,8,10,13,15,19H,2-4,7,9H2,1H3. The van der Waals surface area contributed by atoms with Crippen molar-refractivity contribution < 1.29 is 13.5 Å². The molecule has 1 aromatic rings. The van der Waals surface area contributed by atoms with Gasteiger partial charge in [-0.25, -0.2) is 0 Å². The van der Waals surface area contributed by atoms with Crippen molar-refractivity contribution in [3.05, 3.63) is 28.2 Å². The quantitative estimate of drug-likeness (QED) is 0.734. The average Bonchev–Trinajstić information content (AvgIpc) is 3.20. The summed E-state index contributed by atoms with van der Waals surface area (Å²) in [5, 5.41) is 3.45. The van der Waals surface area contributed by atoms with Gasteiger partial charge in [0.05, 0.1) is 0 Å². The van der Waals surface area contributed by atoms with Crippen molar-refractivity contribution in [2.24, 2.45) is 5.92 Å². The fraction of sp³-hybridized carbons (Fsp3) is 0.600. The van der Waals surface area contributed by atoms with E-state index in [9.17, 15) is 8.78 Å². The highest BCUT2D eigenvalue weighted by Gasteiger charge is 2.24. The fourth-order valence-electron chi connectivity index (χ4n) is 2.30. The zero-order valence-corrected chi connectivity index (χ0v) is 13.1. The lowest BCUT2D eigenvalue weighted by Crippen LogP contribution is -2.28. The Morgan fingerprint density at radius 1 is 1.40 bits per heavy atom. The number of hydrogen-bond donors (Lipinski definition) is 1. The third-order valence-corrected chi connectivity index (χ3v) is 4.12. The van der Waals surface area contributed by atoms with Gasteiger partial charge in [0.2, 0.25) is 0 Å². The molecule has 0 saturated heterocycles. The van der Waals surface area contributed by atoms with Crippen LogP contribution in [0, 0.1) is 5.92 Å². The first-order valence-electron chi connectivity index (χ1n) is 7.05. The molecule has 0 aromatic heterocycles. The monoisotopic (exact) mass is 347 g/mol. The molecule has 1 aliphatic carbocycles. The molecular weight excluding hydrogens is 328 g/mol. The maximum atomic E-state index is 12.4. The Balaban J connectivity index is 1.96. The van der Waals surface area contributed by atoms with Gasteiger partial charge in [-0.15, -0.1) is 0 Å². The summed E-state index contributed by atoms with van der Waals surface area (Å²) < 4.78 is 30.2. The molecule has 2 nitrogen and oxygen atoms in total. The van der Waals surface area contributed by atoms with Crippen LogP contribution in [0.3, 0.4) is 0 Å². The second-order valence-electron chi connectivity index (χ2n) is 5.30. The van der Waals surface area contributed by atoms with E-state index in [0.29, 0.717) is 12.6 Å². The van der Waals surface area contributed by atoms with Crippen molar-refractivity contribution >= 4 is 15.9 Å². The Bertz CT molecular complexity index is 438. The van der Waals surface area contributed by atoms with Gasteiger partial charge in [0.15, 0.2) is 0 Å². The highest BCUT2D eigenvalue weighted by molar-refractivity contribution is 9.10. The van der Waals surface area contributed by atoms with Crippen LogP contribution >= 0.6 is 15.9 Å². The van der Waals surface area contributed by atoms with E-state index < -0.39 is 6.61 Å². The van der Waals surface area contributed by atoms with E-state index in [1.165, 1.54) is 19.3 Å². The molecular formula is C15H20BrF2NO. The first-order valence-corrected chi connectivity index (χ1v) is 7.84. The number of halogens is 3. The van der Waals surface area contributed by atoms with Gasteiger partial charge in [-0.3, -0.25) is 0 Å². The van der Waals surface area contributed by atoms with Crippen LogP contribution in [-0.4, -0.2) is 12.7 Å². The lowest BCUT2D eigenvalue weighted by atomic mass is 10.1. The fourth-order valence-corrected chi connectivity index (χ4v) is 2.71. The smallest absolute Gasteiger partial charge is 0.387 e. The molecule has 1 aliphatic rings. The zero-order valence-electron chi connectivity index (χ0n) is 11.5. The molecule has 1 unspecified atom stereocenters. The number of alkyl halides is 2. The molecule has 0 radical (unpaired) electrons. The number of ether oxygens (including phenoxy) is 1. The SMILES string of the molecule is CCC(CC1CC1)NCc1cc(Br)ccc1OC(F)F. The Kier molecular flexibility index (Phi) is 5.78. The molecule has 0 spiro atoms. The summed E-state index contributed by atoms with van der Waals surface area (Å²) >= 11 is 3.37. The van der Waals surface area contributed by atoms with Crippen molar-refractivity contribution in [3.63, 3.8) is 0 Å². The molecule has 1 saturated carbocycles. The predicted octanol–water partition coefficient (Wildman–Crippen LogP) is 4.72. The van der Waals surface area contributed by atoms with Gasteiger partial charge >= 0.3 is 6.61 Å². The Hall–Kier alpha value is -0.680. The van der Waals surface area contributed by atoms with E-state index in [-0.39, 0.29) is 5.75 Å². The lowest BCUT2D eigenvalue weighted by molar-refractivity contribution is -0.0505. The molecule has 112 valence electrons. The van der Waals surface area contributed by atoms with E-state index in [1.807, 2.05) is 6.07 Å². The first-order chi connectivity index (χ1) is 9.58. The van der Waals surface area contributed by atoms with E-state index >= 15 is 0 Å². The molecule has 1 N–H and O–H groups in total. The molecule has 2 rings (SSSR count). The minimum Gasteiger partial charge on any atom is -0.434 e. The topological polar surface area (TPSA) is 21.3 Å². The number of benzene rings is 1. The van der Waals surface area contributed by atoms with Gasteiger partial charge in [0, 0.05) is 22.6 Å². The van der Waals surface area contributed by atoms with E-state index in [0.717, 1.165) is 22.4 Å². The van der Waals surface area contributed by atoms with Gasteiger partial charge < -0.3 is 10.1 Å². The van der Waals surface area contributed by atoms with Crippen LogP contribution in [-0.2, 0) is 6.54 Å². The van der Waals surface area contributed by atoms with Crippen LogP contribution in [0.2, 0.25) is 0 Å². The Morgan fingerprint density at radius 3 is 2.75 bits per heavy atom. The summed E-state index contributed by atoms with van der Waals surface area (Å²) in [7, 11) is 0. The van der Waals surface area contributed by atoms with Gasteiger partial charge in [0.25, 0.3) is 0 Å².